The van der Waals surface area contributed by atoms with Gasteiger partial charge in [0.15, 0.2) is 11.5 Å². The molecule has 1 aromatic rings. The Morgan fingerprint density at radius 1 is 1.21 bits per heavy atom. The van der Waals surface area contributed by atoms with Crippen LogP contribution in [0.25, 0.3) is 0 Å². The molecule has 0 radical (unpaired) electrons. The van der Waals surface area contributed by atoms with E-state index in [1.54, 1.807) is 18.2 Å². The molecule has 1 aromatic carbocycles. The average Bonchev–Trinajstić information content (AvgIpc) is 2.84. The maximum atomic E-state index is 11.9. The zero-order chi connectivity index (χ0) is 13.2. The molecule has 6 nitrogen and oxygen atoms in total. The van der Waals surface area contributed by atoms with Crippen LogP contribution in [0.15, 0.2) is 24.3 Å². The van der Waals surface area contributed by atoms with Crippen LogP contribution < -0.4 is 9.47 Å². The molecule has 2 aliphatic heterocycles. The second kappa shape index (κ2) is 4.79. The van der Waals surface area contributed by atoms with E-state index in [0.29, 0.717) is 17.9 Å². The molecule has 0 aromatic heterocycles. The average molecular weight is 264 g/mol. The monoisotopic (exact) mass is 264 g/mol. The highest BCUT2D eigenvalue weighted by Crippen LogP contribution is 2.31. The summed E-state index contributed by atoms with van der Waals surface area (Å²) in [6.07, 6.45) is -1.30. The third-order valence-electron chi connectivity index (χ3n) is 2.92. The summed E-state index contributed by atoms with van der Waals surface area (Å²) in [5.41, 5.74) is 0. The number of benzene rings is 1. The summed E-state index contributed by atoms with van der Waals surface area (Å²) in [5, 5.41) is 0. The number of para-hydroxylation sites is 2. The van der Waals surface area contributed by atoms with E-state index in [4.69, 9.17) is 18.9 Å². The van der Waals surface area contributed by atoms with Gasteiger partial charge in [-0.2, -0.15) is 0 Å². The van der Waals surface area contributed by atoms with Crippen molar-refractivity contribution >= 4 is 11.9 Å². The first-order valence-corrected chi connectivity index (χ1v) is 5.99. The van der Waals surface area contributed by atoms with Crippen molar-refractivity contribution in [1.82, 2.24) is 0 Å². The minimum Gasteiger partial charge on any atom is -0.485 e. The number of ether oxygens (including phenoxy) is 4. The lowest BCUT2D eigenvalue weighted by molar-refractivity contribution is -0.167. The lowest BCUT2D eigenvalue weighted by atomic mass is 10.2. The van der Waals surface area contributed by atoms with Gasteiger partial charge in [-0.25, -0.2) is 9.59 Å². The fraction of sp³-hybridized carbons (Fsp3) is 0.385. The Balaban J connectivity index is 1.64. The van der Waals surface area contributed by atoms with E-state index in [1.165, 1.54) is 0 Å². The number of carbonyl (C=O) groups excluding carboxylic acids is 2. The SMILES string of the molecule is O=C1OCC[C@@H]1OC(=O)[C@@H]1COc2ccccc2O1. The molecule has 0 saturated carbocycles. The van der Waals surface area contributed by atoms with E-state index in [1.807, 2.05) is 6.07 Å². The van der Waals surface area contributed by atoms with Gasteiger partial charge in [0.2, 0.25) is 12.2 Å². The van der Waals surface area contributed by atoms with E-state index in [0.717, 1.165) is 0 Å². The lowest BCUT2D eigenvalue weighted by Gasteiger charge is -2.25. The molecule has 1 saturated heterocycles. The Labute approximate surface area is 109 Å². The van der Waals surface area contributed by atoms with Crippen LogP contribution in [0.2, 0.25) is 0 Å². The molecule has 2 atom stereocenters. The van der Waals surface area contributed by atoms with Crippen LogP contribution in [0, 0.1) is 0 Å². The number of fused-ring (bicyclic) bond motifs is 1. The first-order valence-electron chi connectivity index (χ1n) is 5.99. The molecule has 19 heavy (non-hydrogen) atoms. The normalized spacial score (nSPS) is 24.7. The molecule has 0 N–H and O–H groups in total. The third-order valence-corrected chi connectivity index (χ3v) is 2.92. The Kier molecular flexibility index (Phi) is 2.98. The van der Waals surface area contributed by atoms with Gasteiger partial charge in [0, 0.05) is 6.42 Å². The van der Waals surface area contributed by atoms with Gasteiger partial charge in [-0.05, 0) is 12.1 Å². The highest BCUT2D eigenvalue weighted by atomic mass is 16.6. The molecule has 1 fully saturated rings. The zero-order valence-corrected chi connectivity index (χ0v) is 10.0. The van der Waals surface area contributed by atoms with Gasteiger partial charge in [-0.1, -0.05) is 12.1 Å². The van der Waals surface area contributed by atoms with E-state index in [-0.39, 0.29) is 13.2 Å². The predicted molar refractivity (Wildman–Crippen MR) is 61.8 cm³/mol. The van der Waals surface area contributed by atoms with E-state index < -0.39 is 24.1 Å². The van der Waals surface area contributed by atoms with Crippen LogP contribution in [0.4, 0.5) is 0 Å². The van der Waals surface area contributed by atoms with Gasteiger partial charge in [0.05, 0.1) is 6.61 Å². The molecular weight excluding hydrogens is 252 g/mol. The van der Waals surface area contributed by atoms with E-state index in [2.05, 4.69) is 0 Å². The zero-order valence-electron chi connectivity index (χ0n) is 10.0. The summed E-state index contributed by atoms with van der Waals surface area (Å²) < 4.78 is 20.7. The minimum absolute atomic E-state index is 0.0671. The quantitative estimate of drug-likeness (QED) is 0.732. The van der Waals surface area contributed by atoms with Crippen molar-refractivity contribution in [3.8, 4) is 11.5 Å². The standard InChI is InChI=1S/C13H12O6/c14-12-10(5-6-16-12)19-13(15)11-7-17-8-3-1-2-4-9(8)18-11/h1-4,10-11H,5-7H2/t10-,11-/m0/s1. The molecule has 2 aliphatic rings. The van der Waals surface area contributed by atoms with Crippen molar-refractivity contribution in [1.29, 1.82) is 0 Å². The Morgan fingerprint density at radius 3 is 2.74 bits per heavy atom. The first-order chi connectivity index (χ1) is 9.24. The highest BCUT2D eigenvalue weighted by molar-refractivity contribution is 5.82. The van der Waals surface area contributed by atoms with Crippen LogP contribution in [0.1, 0.15) is 6.42 Å². The number of hydrogen-bond acceptors (Lipinski definition) is 6. The van der Waals surface area contributed by atoms with Crippen molar-refractivity contribution in [2.45, 2.75) is 18.6 Å². The summed E-state index contributed by atoms with van der Waals surface area (Å²) in [5.74, 6) is -0.0413. The summed E-state index contributed by atoms with van der Waals surface area (Å²) in [6.45, 7) is 0.346. The number of hydrogen-bond donors (Lipinski definition) is 0. The fourth-order valence-electron chi connectivity index (χ4n) is 1.94. The lowest BCUT2D eigenvalue weighted by Crippen LogP contribution is -2.40. The molecule has 0 amide bonds. The Hall–Kier alpha value is -2.24. The van der Waals surface area contributed by atoms with Gasteiger partial charge >= 0.3 is 11.9 Å². The molecule has 0 bridgehead atoms. The maximum absolute atomic E-state index is 11.9. The Morgan fingerprint density at radius 2 is 2.00 bits per heavy atom. The van der Waals surface area contributed by atoms with E-state index >= 15 is 0 Å². The summed E-state index contributed by atoms with van der Waals surface area (Å²) in [7, 11) is 0. The minimum atomic E-state index is -0.858. The third kappa shape index (κ3) is 2.33. The van der Waals surface area contributed by atoms with Gasteiger partial charge in [0.25, 0.3) is 0 Å². The summed E-state index contributed by atoms with van der Waals surface area (Å²) >= 11 is 0. The van der Waals surface area contributed by atoms with Crippen LogP contribution >= 0.6 is 0 Å². The van der Waals surface area contributed by atoms with Crippen molar-refractivity contribution in [2.24, 2.45) is 0 Å². The van der Waals surface area contributed by atoms with Gasteiger partial charge in [0.1, 0.15) is 6.61 Å². The van der Waals surface area contributed by atoms with Gasteiger partial charge in [-0.3, -0.25) is 0 Å². The molecule has 3 rings (SSSR count). The number of esters is 2. The molecule has 2 heterocycles. The van der Waals surface area contributed by atoms with Crippen LogP contribution in [-0.4, -0.2) is 37.4 Å². The number of carbonyl (C=O) groups is 2. The maximum Gasteiger partial charge on any atom is 0.351 e. The molecule has 0 unspecified atom stereocenters. The molecular formula is C13H12O6. The summed E-state index contributed by atoms with van der Waals surface area (Å²) in [4.78, 5) is 23.1. The topological polar surface area (TPSA) is 71.1 Å². The van der Waals surface area contributed by atoms with Crippen LogP contribution in [-0.2, 0) is 19.1 Å². The second-order valence-corrected chi connectivity index (χ2v) is 4.25. The molecule has 0 spiro atoms. The molecule has 6 heteroatoms. The van der Waals surface area contributed by atoms with Crippen molar-refractivity contribution in [3.63, 3.8) is 0 Å². The van der Waals surface area contributed by atoms with Gasteiger partial charge < -0.3 is 18.9 Å². The first kappa shape index (κ1) is 11.8. The molecule has 100 valence electrons. The number of cyclic esters (lactones) is 1. The Bertz CT molecular complexity index is 512. The number of rotatable bonds is 2. The fourth-order valence-corrected chi connectivity index (χ4v) is 1.94. The largest absolute Gasteiger partial charge is 0.485 e. The second-order valence-electron chi connectivity index (χ2n) is 4.25. The van der Waals surface area contributed by atoms with Crippen molar-refractivity contribution in [2.75, 3.05) is 13.2 Å². The van der Waals surface area contributed by atoms with E-state index in [9.17, 15) is 9.59 Å². The molecule has 0 aliphatic carbocycles. The summed E-state index contributed by atoms with van der Waals surface area (Å²) in [6, 6.07) is 7.06. The van der Waals surface area contributed by atoms with Crippen LogP contribution in [0.5, 0.6) is 11.5 Å². The van der Waals surface area contributed by atoms with Crippen molar-refractivity contribution in [3.05, 3.63) is 24.3 Å². The van der Waals surface area contributed by atoms with Crippen LogP contribution in [0.3, 0.4) is 0 Å². The highest BCUT2D eigenvalue weighted by Gasteiger charge is 2.35. The van der Waals surface area contributed by atoms with Gasteiger partial charge in [-0.15, -0.1) is 0 Å². The smallest absolute Gasteiger partial charge is 0.351 e. The predicted octanol–water partition coefficient (Wildman–Crippen LogP) is 0.685. The van der Waals surface area contributed by atoms with Crippen molar-refractivity contribution < 1.29 is 28.5 Å².